The largest absolute Gasteiger partial charge is 0.334 e. The van der Waals surface area contributed by atoms with Gasteiger partial charge in [0.15, 0.2) is 0 Å². The van der Waals surface area contributed by atoms with Crippen molar-refractivity contribution in [3.63, 3.8) is 0 Å². The molecule has 3 rings (SSSR count). The Morgan fingerprint density at radius 3 is 2.77 bits per heavy atom. The third-order valence-corrected chi connectivity index (χ3v) is 4.68. The van der Waals surface area contributed by atoms with Gasteiger partial charge in [-0.2, -0.15) is 0 Å². The van der Waals surface area contributed by atoms with Crippen LogP contribution < -0.4 is 15.5 Å². The zero-order valence-electron chi connectivity index (χ0n) is 14.7. The first-order valence-electron chi connectivity index (χ1n) is 8.72. The smallest absolute Gasteiger partial charge is 0.315 e. The van der Waals surface area contributed by atoms with Gasteiger partial charge in [-0.05, 0) is 48.7 Å². The van der Waals surface area contributed by atoms with Crippen molar-refractivity contribution in [2.24, 2.45) is 0 Å². The van der Waals surface area contributed by atoms with E-state index in [0.717, 1.165) is 29.8 Å². The van der Waals surface area contributed by atoms with E-state index in [4.69, 9.17) is 11.6 Å². The normalized spacial score (nSPS) is 15.0. The van der Waals surface area contributed by atoms with Crippen molar-refractivity contribution in [3.8, 4) is 0 Å². The third-order valence-electron chi connectivity index (χ3n) is 4.44. The predicted octanol–water partition coefficient (Wildman–Crippen LogP) is 4.03. The van der Waals surface area contributed by atoms with E-state index in [0.29, 0.717) is 18.0 Å². The molecule has 26 heavy (non-hydrogen) atoms. The first-order valence-corrected chi connectivity index (χ1v) is 9.10. The van der Waals surface area contributed by atoms with Crippen molar-refractivity contribution in [1.82, 2.24) is 10.6 Å². The van der Waals surface area contributed by atoms with E-state index in [1.807, 2.05) is 49.4 Å². The molecule has 0 saturated carbocycles. The molecule has 2 aromatic rings. The number of benzene rings is 2. The van der Waals surface area contributed by atoms with E-state index in [2.05, 4.69) is 10.6 Å². The van der Waals surface area contributed by atoms with E-state index in [-0.39, 0.29) is 18.0 Å². The Morgan fingerprint density at radius 1 is 1.23 bits per heavy atom. The molecule has 0 spiro atoms. The summed E-state index contributed by atoms with van der Waals surface area (Å²) in [6.07, 6.45) is 1.50. The van der Waals surface area contributed by atoms with E-state index in [9.17, 15) is 9.59 Å². The van der Waals surface area contributed by atoms with E-state index < -0.39 is 0 Å². The molecule has 0 aliphatic carbocycles. The number of nitrogens with one attached hydrogen (secondary N) is 2. The Hall–Kier alpha value is -2.53. The lowest BCUT2D eigenvalue weighted by Gasteiger charge is -2.17. The molecule has 0 unspecified atom stereocenters. The van der Waals surface area contributed by atoms with Gasteiger partial charge in [-0.1, -0.05) is 35.9 Å². The van der Waals surface area contributed by atoms with Crippen LogP contribution in [0.4, 0.5) is 10.5 Å². The Bertz CT molecular complexity index is 809. The van der Waals surface area contributed by atoms with Gasteiger partial charge in [-0.15, -0.1) is 0 Å². The van der Waals surface area contributed by atoms with Gasteiger partial charge in [-0.25, -0.2) is 4.79 Å². The third kappa shape index (κ3) is 4.55. The summed E-state index contributed by atoms with van der Waals surface area (Å²) in [6, 6.07) is 14.7. The van der Waals surface area contributed by atoms with Crippen LogP contribution in [0.1, 0.15) is 36.9 Å². The molecule has 3 amide bonds. The molecular weight excluding hydrogens is 350 g/mol. The van der Waals surface area contributed by atoms with Gasteiger partial charge in [-0.3, -0.25) is 4.79 Å². The maximum atomic E-state index is 12.2. The van der Waals surface area contributed by atoms with Crippen molar-refractivity contribution in [1.29, 1.82) is 0 Å². The summed E-state index contributed by atoms with van der Waals surface area (Å²) in [5.41, 5.74) is 2.79. The Kier molecular flexibility index (Phi) is 5.78. The second-order valence-electron chi connectivity index (χ2n) is 6.42. The van der Waals surface area contributed by atoms with Gasteiger partial charge in [0.1, 0.15) is 0 Å². The van der Waals surface area contributed by atoms with Crippen LogP contribution in [0.3, 0.4) is 0 Å². The van der Waals surface area contributed by atoms with Gasteiger partial charge in [0.25, 0.3) is 0 Å². The first kappa shape index (κ1) is 18.3. The fourth-order valence-electron chi connectivity index (χ4n) is 3.04. The number of hydrogen-bond acceptors (Lipinski definition) is 2. The fourth-order valence-corrected chi connectivity index (χ4v) is 3.24. The molecule has 1 saturated heterocycles. The zero-order valence-corrected chi connectivity index (χ0v) is 15.4. The highest BCUT2D eigenvalue weighted by Crippen LogP contribution is 2.22. The first-order chi connectivity index (χ1) is 12.5. The number of urea groups is 1. The second-order valence-corrected chi connectivity index (χ2v) is 6.86. The van der Waals surface area contributed by atoms with Crippen LogP contribution in [0, 0.1) is 0 Å². The highest BCUT2D eigenvalue weighted by molar-refractivity contribution is 6.30. The quantitative estimate of drug-likeness (QED) is 0.833. The summed E-state index contributed by atoms with van der Waals surface area (Å²) in [5.74, 6) is 0.156. The summed E-state index contributed by atoms with van der Waals surface area (Å²) < 4.78 is 0. The number of anilines is 1. The molecule has 2 aromatic carbocycles. The van der Waals surface area contributed by atoms with Crippen molar-refractivity contribution in [2.75, 3.05) is 11.4 Å². The molecule has 2 N–H and O–H groups in total. The molecule has 1 aliphatic rings. The van der Waals surface area contributed by atoms with Gasteiger partial charge in [0.05, 0.1) is 6.04 Å². The van der Waals surface area contributed by atoms with Crippen molar-refractivity contribution in [2.45, 2.75) is 32.4 Å². The maximum Gasteiger partial charge on any atom is 0.315 e. The van der Waals surface area contributed by atoms with Crippen LogP contribution in [0.25, 0.3) is 0 Å². The Morgan fingerprint density at radius 2 is 2.04 bits per heavy atom. The summed E-state index contributed by atoms with van der Waals surface area (Å²) in [6.45, 7) is 3.06. The molecular formula is C20H22ClN3O2. The van der Waals surface area contributed by atoms with Crippen LogP contribution in [-0.4, -0.2) is 18.5 Å². The monoisotopic (exact) mass is 371 g/mol. The number of nitrogens with zero attached hydrogens (tertiary/aromatic N) is 1. The molecule has 1 fully saturated rings. The van der Waals surface area contributed by atoms with Crippen LogP contribution in [0.5, 0.6) is 0 Å². The number of hydrogen-bond donors (Lipinski definition) is 2. The molecule has 1 aliphatic heterocycles. The van der Waals surface area contributed by atoms with Gasteiger partial charge < -0.3 is 15.5 Å². The standard InChI is InChI=1S/C20H22ClN3O2/c1-14(16-6-3-7-17(21)12-16)23-20(26)22-13-15-5-2-8-18(11-15)24-10-4-9-19(24)25/h2-3,5-8,11-12,14H,4,9-10,13H2,1H3,(H2,22,23,26)/t14-/m1/s1. The molecule has 136 valence electrons. The highest BCUT2D eigenvalue weighted by atomic mass is 35.5. The Balaban J connectivity index is 1.55. The second kappa shape index (κ2) is 8.23. The number of rotatable bonds is 5. The fraction of sp³-hybridized carbons (Fsp3) is 0.300. The summed E-state index contributed by atoms with van der Waals surface area (Å²) in [7, 11) is 0. The van der Waals surface area contributed by atoms with Crippen LogP contribution in [0.2, 0.25) is 5.02 Å². The van der Waals surface area contributed by atoms with Crippen molar-refractivity contribution in [3.05, 3.63) is 64.7 Å². The molecule has 0 aromatic heterocycles. The lowest BCUT2D eigenvalue weighted by molar-refractivity contribution is -0.117. The molecule has 6 heteroatoms. The van der Waals surface area contributed by atoms with Gasteiger partial charge in [0, 0.05) is 30.2 Å². The minimum Gasteiger partial charge on any atom is -0.334 e. The van der Waals surface area contributed by atoms with E-state index >= 15 is 0 Å². The number of amides is 3. The molecule has 1 atom stereocenters. The molecule has 1 heterocycles. The summed E-state index contributed by atoms with van der Waals surface area (Å²) in [4.78, 5) is 25.8. The minimum atomic E-state index is -0.250. The van der Waals surface area contributed by atoms with Gasteiger partial charge >= 0.3 is 6.03 Å². The summed E-state index contributed by atoms with van der Waals surface area (Å²) in [5, 5.41) is 6.40. The van der Waals surface area contributed by atoms with Gasteiger partial charge in [0.2, 0.25) is 5.91 Å². The topological polar surface area (TPSA) is 61.4 Å². The summed E-state index contributed by atoms with van der Waals surface area (Å²) >= 11 is 5.99. The van der Waals surface area contributed by atoms with Crippen molar-refractivity contribution >= 4 is 29.2 Å². The molecule has 5 nitrogen and oxygen atoms in total. The lowest BCUT2D eigenvalue weighted by Crippen LogP contribution is -2.36. The minimum absolute atomic E-state index is 0.151. The van der Waals surface area contributed by atoms with Crippen LogP contribution in [0.15, 0.2) is 48.5 Å². The van der Waals surface area contributed by atoms with Crippen LogP contribution >= 0.6 is 11.6 Å². The zero-order chi connectivity index (χ0) is 18.5. The maximum absolute atomic E-state index is 12.2. The average Bonchev–Trinajstić information content (AvgIpc) is 3.06. The van der Waals surface area contributed by atoms with E-state index in [1.54, 1.807) is 11.0 Å². The van der Waals surface area contributed by atoms with E-state index in [1.165, 1.54) is 0 Å². The predicted molar refractivity (Wildman–Crippen MR) is 103 cm³/mol. The Labute approximate surface area is 158 Å². The SMILES string of the molecule is C[C@@H](NC(=O)NCc1cccc(N2CCCC2=O)c1)c1cccc(Cl)c1. The average molecular weight is 372 g/mol. The number of carbonyl (C=O) groups excluding carboxylic acids is 2. The highest BCUT2D eigenvalue weighted by Gasteiger charge is 2.21. The van der Waals surface area contributed by atoms with Crippen molar-refractivity contribution < 1.29 is 9.59 Å². The number of carbonyl (C=O) groups is 2. The lowest BCUT2D eigenvalue weighted by atomic mass is 10.1. The molecule has 0 radical (unpaired) electrons. The number of halogens is 1. The van der Waals surface area contributed by atoms with Crippen LogP contribution in [-0.2, 0) is 11.3 Å². The molecule has 0 bridgehead atoms.